The smallest absolute Gasteiger partial charge is 0.246 e. The molecule has 5 rings (SSSR count). The quantitative estimate of drug-likeness (QED) is 0.405. The highest BCUT2D eigenvalue weighted by molar-refractivity contribution is 5.88. The first-order valence-electron chi connectivity index (χ1n) is 11.3. The summed E-state index contributed by atoms with van der Waals surface area (Å²) in [5, 5.41) is 18.4. The summed E-state index contributed by atoms with van der Waals surface area (Å²) in [6.07, 6.45) is 8.58. The Kier molecular flexibility index (Phi) is 6.04. The van der Waals surface area contributed by atoms with Crippen LogP contribution in [0.3, 0.4) is 0 Å². The molecule has 0 saturated carbocycles. The summed E-state index contributed by atoms with van der Waals surface area (Å²) >= 11 is 0. The molecule has 35 heavy (non-hydrogen) atoms. The summed E-state index contributed by atoms with van der Waals surface area (Å²) in [5.41, 5.74) is 6.17. The van der Waals surface area contributed by atoms with Crippen molar-refractivity contribution in [2.45, 2.75) is 6.73 Å². The maximum absolute atomic E-state index is 11.9. The number of aromatic nitrogens is 4. The Labute approximate surface area is 203 Å². The molecule has 1 amide bonds. The van der Waals surface area contributed by atoms with E-state index in [2.05, 4.69) is 58.1 Å². The minimum absolute atomic E-state index is 0.0224. The van der Waals surface area contributed by atoms with Crippen LogP contribution in [0.25, 0.3) is 27.8 Å². The van der Waals surface area contributed by atoms with Gasteiger partial charge in [0.1, 0.15) is 12.8 Å². The lowest BCUT2D eigenvalue weighted by Crippen LogP contribution is -2.48. The average Bonchev–Trinajstić information content (AvgIpc) is 3.55. The predicted molar refractivity (Wildman–Crippen MR) is 133 cm³/mol. The van der Waals surface area contributed by atoms with E-state index in [1.165, 1.54) is 6.08 Å². The molecule has 0 spiro atoms. The van der Waals surface area contributed by atoms with Gasteiger partial charge in [-0.15, -0.1) is 0 Å². The molecule has 0 unspecified atom stereocenters. The van der Waals surface area contributed by atoms with Crippen molar-refractivity contribution >= 4 is 17.1 Å². The van der Waals surface area contributed by atoms with E-state index < -0.39 is 0 Å². The molecular formula is C26H25N7O2. The Bertz CT molecular complexity index is 1420. The van der Waals surface area contributed by atoms with Gasteiger partial charge < -0.3 is 14.5 Å². The highest BCUT2D eigenvalue weighted by Crippen LogP contribution is 2.33. The van der Waals surface area contributed by atoms with Gasteiger partial charge in [-0.25, -0.2) is 9.20 Å². The van der Waals surface area contributed by atoms with E-state index in [0.29, 0.717) is 25.4 Å². The number of hydrogen-bond acceptors (Lipinski definition) is 6. The van der Waals surface area contributed by atoms with Gasteiger partial charge in [-0.3, -0.25) is 4.79 Å². The number of carbonyl (C=O) groups is 1. The number of rotatable bonds is 6. The number of amides is 1. The second-order valence-corrected chi connectivity index (χ2v) is 8.36. The fourth-order valence-electron chi connectivity index (χ4n) is 4.46. The molecule has 176 valence electrons. The molecular weight excluding hydrogens is 442 g/mol. The molecule has 0 bridgehead atoms. The fraction of sp³-hybridized carbons (Fsp3) is 0.231. The SMILES string of the molecule is C=CC(=O)N1CCN(c2ccc(-c3cc(-c4cnn(COC)c4)cn4ncc(C#N)c34)cc2)CC1. The second kappa shape index (κ2) is 9.44. The van der Waals surface area contributed by atoms with Crippen molar-refractivity contribution in [3.63, 3.8) is 0 Å². The van der Waals surface area contributed by atoms with E-state index in [-0.39, 0.29) is 5.91 Å². The van der Waals surface area contributed by atoms with Gasteiger partial charge in [-0.1, -0.05) is 18.7 Å². The number of methoxy groups -OCH3 is 1. The van der Waals surface area contributed by atoms with Crippen LogP contribution in [0, 0.1) is 11.3 Å². The number of benzene rings is 1. The molecule has 0 radical (unpaired) electrons. The zero-order chi connectivity index (χ0) is 24.4. The summed E-state index contributed by atoms with van der Waals surface area (Å²) < 4.78 is 8.63. The minimum Gasteiger partial charge on any atom is -0.368 e. The molecule has 1 aromatic carbocycles. The van der Waals surface area contributed by atoms with Gasteiger partial charge in [-0.05, 0) is 29.8 Å². The van der Waals surface area contributed by atoms with Crippen LogP contribution in [0.1, 0.15) is 5.56 Å². The van der Waals surface area contributed by atoms with Crippen LogP contribution < -0.4 is 4.90 Å². The van der Waals surface area contributed by atoms with E-state index in [1.807, 2.05) is 17.3 Å². The van der Waals surface area contributed by atoms with Crippen molar-refractivity contribution in [3.05, 3.63) is 73.3 Å². The molecule has 1 saturated heterocycles. The van der Waals surface area contributed by atoms with E-state index in [0.717, 1.165) is 46.5 Å². The van der Waals surface area contributed by atoms with Gasteiger partial charge in [-0.2, -0.15) is 15.5 Å². The molecule has 1 aliphatic rings. The lowest BCUT2D eigenvalue weighted by Gasteiger charge is -2.35. The zero-order valence-electron chi connectivity index (χ0n) is 19.5. The first-order valence-corrected chi connectivity index (χ1v) is 11.3. The van der Waals surface area contributed by atoms with Crippen LogP contribution in [0.15, 0.2) is 67.8 Å². The third-order valence-corrected chi connectivity index (χ3v) is 6.27. The molecule has 0 atom stereocenters. The number of carbonyl (C=O) groups excluding carboxylic acids is 1. The van der Waals surface area contributed by atoms with Crippen LogP contribution in [0.4, 0.5) is 5.69 Å². The Hall–Kier alpha value is -4.42. The molecule has 9 heteroatoms. The summed E-state index contributed by atoms with van der Waals surface area (Å²) in [4.78, 5) is 15.9. The van der Waals surface area contributed by atoms with Crippen molar-refractivity contribution in [2.75, 3.05) is 38.2 Å². The molecule has 4 heterocycles. The normalized spacial score (nSPS) is 13.7. The van der Waals surface area contributed by atoms with E-state index in [9.17, 15) is 10.1 Å². The highest BCUT2D eigenvalue weighted by atomic mass is 16.5. The molecule has 1 fully saturated rings. The summed E-state index contributed by atoms with van der Waals surface area (Å²) in [6, 6.07) is 12.6. The van der Waals surface area contributed by atoms with Gasteiger partial charge in [0, 0.05) is 68.1 Å². The van der Waals surface area contributed by atoms with Crippen LogP contribution in [0.5, 0.6) is 0 Å². The number of nitriles is 1. The van der Waals surface area contributed by atoms with Gasteiger partial charge in [0.05, 0.1) is 23.5 Å². The number of anilines is 1. The summed E-state index contributed by atoms with van der Waals surface area (Å²) in [7, 11) is 1.63. The summed E-state index contributed by atoms with van der Waals surface area (Å²) in [6.45, 7) is 6.83. The zero-order valence-corrected chi connectivity index (χ0v) is 19.5. The van der Waals surface area contributed by atoms with Crippen LogP contribution >= 0.6 is 0 Å². The van der Waals surface area contributed by atoms with Gasteiger partial charge in [0.2, 0.25) is 5.91 Å². The first-order chi connectivity index (χ1) is 17.1. The number of hydrogen-bond donors (Lipinski definition) is 0. The van der Waals surface area contributed by atoms with Crippen LogP contribution in [-0.4, -0.2) is 63.5 Å². The maximum Gasteiger partial charge on any atom is 0.246 e. The Morgan fingerprint density at radius 1 is 1.09 bits per heavy atom. The molecule has 9 nitrogen and oxygen atoms in total. The fourth-order valence-corrected chi connectivity index (χ4v) is 4.46. The molecule has 0 aliphatic carbocycles. The van der Waals surface area contributed by atoms with E-state index in [4.69, 9.17) is 4.74 Å². The Morgan fingerprint density at radius 3 is 2.54 bits per heavy atom. The standard InChI is InChI=1S/C26H25N7O2/c1-3-25(34)31-10-8-30(9-11-31)23-6-4-19(5-7-23)24-12-20(22-15-28-32(16-22)18-35-2)17-33-26(24)21(13-27)14-29-33/h3-7,12,14-17H,1,8-11,18H2,2H3. The molecule has 1 aliphatic heterocycles. The van der Waals surface area contributed by atoms with Gasteiger partial charge in [0.15, 0.2) is 0 Å². The third-order valence-electron chi connectivity index (χ3n) is 6.27. The lowest BCUT2D eigenvalue weighted by atomic mass is 9.99. The van der Waals surface area contributed by atoms with Crippen molar-refractivity contribution < 1.29 is 9.53 Å². The number of piperazine rings is 1. The molecule has 0 N–H and O–H groups in total. The lowest BCUT2D eigenvalue weighted by molar-refractivity contribution is -0.126. The third kappa shape index (κ3) is 4.27. The van der Waals surface area contributed by atoms with Crippen LogP contribution in [0.2, 0.25) is 0 Å². The molecule has 4 aromatic rings. The highest BCUT2D eigenvalue weighted by Gasteiger charge is 2.20. The van der Waals surface area contributed by atoms with E-state index in [1.54, 1.807) is 28.7 Å². The number of nitrogens with zero attached hydrogens (tertiary/aromatic N) is 7. The number of ether oxygens (including phenoxy) is 1. The van der Waals surface area contributed by atoms with Crippen molar-refractivity contribution in [3.8, 4) is 28.3 Å². The topological polar surface area (TPSA) is 91.7 Å². The monoisotopic (exact) mass is 467 g/mol. The number of fused-ring (bicyclic) bond motifs is 1. The Balaban J connectivity index is 1.48. The van der Waals surface area contributed by atoms with Gasteiger partial charge in [0.25, 0.3) is 0 Å². The van der Waals surface area contributed by atoms with Crippen molar-refractivity contribution in [1.29, 1.82) is 5.26 Å². The first kappa shape index (κ1) is 22.4. The second-order valence-electron chi connectivity index (χ2n) is 8.36. The number of pyridine rings is 1. The van der Waals surface area contributed by atoms with Crippen LogP contribution in [-0.2, 0) is 16.3 Å². The van der Waals surface area contributed by atoms with E-state index >= 15 is 0 Å². The summed E-state index contributed by atoms with van der Waals surface area (Å²) in [5.74, 6) is -0.0224. The largest absolute Gasteiger partial charge is 0.368 e. The predicted octanol–water partition coefficient (Wildman–Crippen LogP) is 3.17. The van der Waals surface area contributed by atoms with Crippen molar-refractivity contribution in [2.24, 2.45) is 0 Å². The maximum atomic E-state index is 11.9. The van der Waals surface area contributed by atoms with Gasteiger partial charge >= 0.3 is 0 Å². The van der Waals surface area contributed by atoms with Crippen molar-refractivity contribution in [1.82, 2.24) is 24.3 Å². The average molecular weight is 468 g/mol. The minimum atomic E-state index is -0.0224. The Morgan fingerprint density at radius 2 is 1.86 bits per heavy atom. The molecule has 3 aromatic heterocycles.